The number of carboxylic acids is 1. The van der Waals surface area contributed by atoms with Crippen LogP contribution in [-0.4, -0.2) is 36.8 Å². The van der Waals surface area contributed by atoms with Gasteiger partial charge in [-0.1, -0.05) is 18.2 Å². The molecule has 8 heteroatoms. The largest absolute Gasteiger partial charge is 0.486 e. The molecule has 0 saturated heterocycles. The highest BCUT2D eigenvalue weighted by molar-refractivity contribution is 6.10. The highest BCUT2D eigenvalue weighted by Crippen LogP contribution is 2.32. The highest BCUT2D eigenvalue weighted by Gasteiger charge is 2.15. The molecule has 8 nitrogen and oxygen atoms in total. The summed E-state index contributed by atoms with van der Waals surface area (Å²) in [6.45, 7) is 0.348. The minimum atomic E-state index is -1.13. The van der Waals surface area contributed by atoms with E-state index >= 15 is 0 Å². The van der Waals surface area contributed by atoms with Gasteiger partial charge in [0.25, 0.3) is 5.91 Å². The van der Waals surface area contributed by atoms with Gasteiger partial charge in [-0.05, 0) is 24.3 Å². The molecule has 0 atom stereocenters. The van der Waals surface area contributed by atoms with Crippen LogP contribution in [0.1, 0.15) is 5.56 Å². The van der Waals surface area contributed by atoms with Crippen LogP contribution in [0.2, 0.25) is 0 Å². The number of nitrogens with one attached hydrogen (secondary N) is 1. The summed E-state index contributed by atoms with van der Waals surface area (Å²) in [5, 5.41) is 20.8. The number of hydrogen-bond donors (Lipinski definition) is 2. The van der Waals surface area contributed by atoms with E-state index in [4.69, 9.17) is 19.3 Å². The molecule has 1 aliphatic heterocycles. The van der Waals surface area contributed by atoms with Crippen molar-refractivity contribution in [3.05, 3.63) is 53.6 Å². The van der Waals surface area contributed by atoms with Gasteiger partial charge in [0.15, 0.2) is 18.1 Å². The summed E-state index contributed by atoms with van der Waals surface area (Å²) >= 11 is 0. The van der Waals surface area contributed by atoms with E-state index in [2.05, 4.69) is 5.32 Å². The summed E-state index contributed by atoms with van der Waals surface area (Å²) in [5.74, 6) is -0.392. The Kier molecular flexibility index (Phi) is 5.77. The van der Waals surface area contributed by atoms with Gasteiger partial charge in [0.1, 0.15) is 30.6 Å². The number of nitrogens with zero attached hydrogens (tertiary/aromatic N) is 1. The third-order valence-electron chi connectivity index (χ3n) is 3.74. The lowest BCUT2D eigenvalue weighted by Crippen LogP contribution is -2.17. The first-order valence-electron chi connectivity index (χ1n) is 8.33. The lowest BCUT2D eigenvalue weighted by Gasteiger charge is -2.18. The molecular weight excluding hydrogens is 364 g/mol. The van der Waals surface area contributed by atoms with Gasteiger partial charge in [0, 0.05) is 17.3 Å². The minimum absolute atomic E-state index is 0.165. The summed E-state index contributed by atoms with van der Waals surface area (Å²) < 4.78 is 16.1. The fourth-order valence-corrected chi connectivity index (χ4v) is 2.49. The predicted molar refractivity (Wildman–Crippen MR) is 99.2 cm³/mol. The molecule has 0 aromatic heterocycles. The number of ether oxygens (including phenoxy) is 3. The number of para-hydroxylation sites is 1. The van der Waals surface area contributed by atoms with Crippen LogP contribution in [0.15, 0.2) is 48.0 Å². The second-order valence-corrected chi connectivity index (χ2v) is 5.70. The molecule has 1 amide bonds. The third kappa shape index (κ3) is 4.59. The molecule has 0 aliphatic carbocycles. The molecule has 0 bridgehead atoms. The third-order valence-corrected chi connectivity index (χ3v) is 3.74. The molecule has 28 heavy (non-hydrogen) atoms. The molecule has 1 heterocycles. The standard InChI is InChI=1S/C20H16N2O6/c21-11-14(9-13-3-1-2-4-16(13)28-12-19(23)24)20(25)22-15-5-6-17-18(10-15)27-8-7-26-17/h1-6,9-10H,7-8,12H2,(H,22,25)(H,23,24)/b14-9-. The van der Waals surface area contributed by atoms with Gasteiger partial charge in [0.05, 0.1) is 0 Å². The van der Waals surface area contributed by atoms with Crippen LogP contribution in [0, 0.1) is 11.3 Å². The summed E-state index contributed by atoms with van der Waals surface area (Å²) in [5.41, 5.74) is 0.699. The Morgan fingerprint density at radius 1 is 1.18 bits per heavy atom. The molecule has 0 fully saturated rings. The number of amides is 1. The smallest absolute Gasteiger partial charge is 0.341 e. The Bertz CT molecular complexity index is 977. The van der Waals surface area contributed by atoms with Crippen LogP contribution in [0.4, 0.5) is 5.69 Å². The van der Waals surface area contributed by atoms with Crippen LogP contribution in [-0.2, 0) is 9.59 Å². The molecule has 0 radical (unpaired) electrons. The fraction of sp³-hybridized carbons (Fsp3) is 0.150. The Labute approximate surface area is 160 Å². The summed E-state index contributed by atoms with van der Waals surface area (Å²) in [6.07, 6.45) is 1.34. The minimum Gasteiger partial charge on any atom is -0.486 e. The van der Waals surface area contributed by atoms with Gasteiger partial charge in [-0.3, -0.25) is 4.79 Å². The molecule has 142 valence electrons. The van der Waals surface area contributed by atoms with Crippen molar-refractivity contribution in [3.8, 4) is 23.3 Å². The second kappa shape index (κ2) is 8.60. The number of aliphatic carboxylic acids is 1. The first-order valence-corrected chi connectivity index (χ1v) is 8.33. The summed E-state index contributed by atoms with van der Waals surface area (Å²) in [7, 11) is 0. The molecule has 0 unspecified atom stereocenters. The average Bonchev–Trinajstić information content (AvgIpc) is 2.71. The SMILES string of the molecule is N#C/C(=C/c1ccccc1OCC(=O)O)C(=O)Nc1ccc2c(c1)OCCO2. The number of nitriles is 1. The number of carbonyl (C=O) groups is 2. The molecule has 2 aromatic rings. The van der Waals surface area contributed by atoms with Crippen molar-refractivity contribution in [1.82, 2.24) is 0 Å². The maximum atomic E-state index is 12.5. The first kappa shape index (κ1) is 18.8. The molecule has 1 aliphatic rings. The van der Waals surface area contributed by atoms with E-state index in [0.717, 1.165) is 0 Å². The first-order chi connectivity index (χ1) is 13.6. The Hall–Kier alpha value is -3.99. The normalized spacial score (nSPS) is 12.6. The van der Waals surface area contributed by atoms with Gasteiger partial charge in [0.2, 0.25) is 0 Å². The number of carboxylic acid groups (broad SMARTS) is 1. The number of benzene rings is 2. The second-order valence-electron chi connectivity index (χ2n) is 5.70. The van der Waals surface area contributed by atoms with Crippen molar-refractivity contribution in [2.45, 2.75) is 0 Å². The number of hydrogen-bond acceptors (Lipinski definition) is 6. The van der Waals surface area contributed by atoms with E-state index in [1.165, 1.54) is 6.08 Å². The summed E-state index contributed by atoms with van der Waals surface area (Å²) in [6, 6.07) is 13.3. The van der Waals surface area contributed by atoms with Crippen LogP contribution < -0.4 is 19.5 Å². The number of rotatable bonds is 6. The summed E-state index contributed by atoms with van der Waals surface area (Å²) in [4.78, 5) is 23.2. The van der Waals surface area contributed by atoms with Gasteiger partial charge in [-0.2, -0.15) is 5.26 Å². The van der Waals surface area contributed by atoms with Crippen LogP contribution in [0.3, 0.4) is 0 Å². The van der Waals surface area contributed by atoms with Gasteiger partial charge in [-0.25, -0.2) is 4.79 Å². The van der Waals surface area contributed by atoms with Crippen molar-refractivity contribution in [3.63, 3.8) is 0 Å². The van der Waals surface area contributed by atoms with E-state index < -0.39 is 18.5 Å². The quantitative estimate of drug-likeness (QED) is 0.584. The van der Waals surface area contributed by atoms with E-state index in [1.807, 2.05) is 6.07 Å². The highest BCUT2D eigenvalue weighted by atomic mass is 16.6. The van der Waals surface area contributed by atoms with Crippen molar-refractivity contribution in [1.29, 1.82) is 5.26 Å². The monoisotopic (exact) mass is 380 g/mol. The molecule has 0 spiro atoms. The van der Waals surface area contributed by atoms with Crippen molar-refractivity contribution in [2.24, 2.45) is 0 Å². The van der Waals surface area contributed by atoms with Crippen molar-refractivity contribution in [2.75, 3.05) is 25.1 Å². The maximum absolute atomic E-state index is 12.5. The van der Waals surface area contributed by atoms with Gasteiger partial charge in [-0.15, -0.1) is 0 Å². The lowest BCUT2D eigenvalue weighted by atomic mass is 10.1. The van der Waals surface area contributed by atoms with Gasteiger partial charge >= 0.3 is 5.97 Å². The zero-order valence-electron chi connectivity index (χ0n) is 14.7. The Balaban J connectivity index is 1.79. The zero-order chi connectivity index (χ0) is 19.9. The van der Waals surface area contributed by atoms with Crippen LogP contribution in [0.5, 0.6) is 17.2 Å². The van der Waals surface area contributed by atoms with E-state index in [0.29, 0.717) is 36.0 Å². The molecule has 0 saturated carbocycles. The maximum Gasteiger partial charge on any atom is 0.341 e. The molecular formula is C20H16N2O6. The van der Waals surface area contributed by atoms with Gasteiger partial charge < -0.3 is 24.6 Å². The topological polar surface area (TPSA) is 118 Å². The van der Waals surface area contributed by atoms with E-state index in [-0.39, 0.29) is 11.3 Å². The Morgan fingerprint density at radius 2 is 1.93 bits per heavy atom. The predicted octanol–water partition coefficient (Wildman–Crippen LogP) is 2.47. The Morgan fingerprint density at radius 3 is 2.68 bits per heavy atom. The fourth-order valence-electron chi connectivity index (χ4n) is 2.49. The number of fused-ring (bicyclic) bond motifs is 1. The number of anilines is 1. The lowest BCUT2D eigenvalue weighted by molar-refractivity contribution is -0.139. The van der Waals surface area contributed by atoms with E-state index in [1.54, 1.807) is 42.5 Å². The van der Waals surface area contributed by atoms with Crippen LogP contribution >= 0.6 is 0 Å². The molecule has 3 rings (SSSR count). The molecule has 2 N–H and O–H groups in total. The number of carbonyl (C=O) groups excluding carboxylic acids is 1. The van der Waals surface area contributed by atoms with Crippen molar-refractivity contribution >= 4 is 23.6 Å². The zero-order valence-corrected chi connectivity index (χ0v) is 14.7. The average molecular weight is 380 g/mol. The van der Waals surface area contributed by atoms with E-state index in [9.17, 15) is 14.9 Å². The van der Waals surface area contributed by atoms with Crippen molar-refractivity contribution < 1.29 is 28.9 Å². The van der Waals surface area contributed by atoms with Crippen LogP contribution in [0.25, 0.3) is 6.08 Å². The molecule has 2 aromatic carbocycles.